The van der Waals surface area contributed by atoms with Gasteiger partial charge in [0.1, 0.15) is 5.75 Å². The number of nitrogens with one attached hydrogen (secondary N) is 1. The lowest BCUT2D eigenvalue weighted by atomic mass is 9.93. The van der Waals surface area contributed by atoms with Gasteiger partial charge in [-0.25, -0.2) is 4.79 Å². The van der Waals surface area contributed by atoms with Crippen LogP contribution in [0.25, 0.3) is 10.9 Å². The molecule has 2 heterocycles. The number of nitrogens with zero attached hydrogens (tertiary/aromatic N) is 3. The normalized spacial score (nSPS) is 22.6. The minimum Gasteiger partial charge on any atom is -0.493 e. The first kappa shape index (κ1) is 21.9. The van der Waals surface area contributed by atoms with E-state index < -0.39 is 0 Å². The standard InChI is InChI=1S/C24H36N4O3/c1-4-17-6-11-22-21(23(17)31-5-2)16-25-28(22)19-12-14-27(15-13-19)24(29)26-18-7-9-20(30-3)10-8-18/h6,11,16,18-20H,4-5,7-10,12-15H2,1-3H3,(H,26,29). The largest absolute Gasteiger partial charge is 0.493 e. The van der Waals surface area contributed by atoms with E-state index in [1.165, 1.54) is 5.56 Å². The van der Waals surface area contributed by atoms with Crippen LogP contribution >= 0.6 is 0 Å². The molecule has 0 unspecified atom stereocenters. The lowest BCUT2D eigenvalue weighted by Gasteiger charge is -2.35. The SMILES string of the molecule is CCOc1c(CC)ccc2c1cnn2C1CCN(C(=O)NC2CCC(OC)CC2)CC1. The zero-order valence-electron chi connectivity index (χ0n) is 19.1. The fourth-order valence-corrected chi connectivity index (χ4v) is 5.05. The summed E-state index contributed by atoms with van der Waals surface area (Å²) in [4.78, 5) is 14.7. The third-order valence-electron chi connectivity index (χ3n) is 6.91. The van der Waals surface area contributed by atoms with Gasteiger partial charge in [-0.15, -0.1) is 0 Å². The second-order valence-electron chi connectivity index (χ2n) is 8.74. The van der Waals surface area contributed by atoms with Gasteiger partial charge in [-0.1, -0.05) is 13.0 Å². The first-order valence-corrected chi connectivity index (χ1v) is 11.8. The highest BCUT2D eigenvalue weighted by atomic mass is 16.5. The molecular weight excluding hydrogens is 392 g/mol. The van der Waals surface area contributed by atoms with Crippen LogP contribution in [0.15, 0.2) is 18.3 Å². The van der Waals surface area contributed by atoms with Crippen molar-refractivity contribution in [2.75, 3.05) is 26.8 Å². The van der Waals surface area contributed by atoms with Gasteiger partial charge >= 0.3 is 6.03 Å². The molecule has 2 aromatic rings. The van der Waals surface area contributed by atoms with Crippen molar-refractivity contribution in [2.24, 2.45) is 0 Å². The van der Waals surface area contributed by atoms with E-state index in [0.29, 0.717) is 18.8 Å². The monoisotopic (exact) mass is 428 g/mol. The van der Waals surface area contributed by atoms with Crippen LogP contribution in [-0.4, -0.2) is 59.7 Å². The van der Waals surface area contributed by atoms with Crippen LogP contribution in [0.2, 0.25) is 0 Å². The molecule has 1 saturated heterocycles. The molecule has 2 aliphatic rings. The van der Waals surface area contributed by atoms with E-state index in [0.717, 1.165) is 74.7 Å². The topological polar surface area (TPSA) is 68.6 Å². The predicted octanol–water partition coefficient (Wildman–Crippen LogP) is 4.30. The highest BCUT2D eigenvalue weighted by Gasteiger charge is 2.28. The minimum absolute atomic E-state index is 0.0795. The van der Waals surface area contributed by atoms with Gasteiger partial charge in [-0.2, -0.15) is 5.10 Å². The summed E-state index contributed by atoms with van der Waals surface area (Å²) in [5, 5.41) is 9.05. The number of hydrogen-bond donors (Lipinski definition) is 1. The first-order chi connectivity index (χ1) is 15.1. The fourth-order valence-electron chi connectivity index (χ4n) is 5.05. The average molecular weight is 429 g/mol. The summed E-state index contributed by atoms with van der Waals surface area (Å²) in [5.74, 6) is 0.966. The molecule has 170 valence electrons. The number of ether oxygens (including phenoxy) is 2. The fraction of sp³-hybridized carbons (Fsp3) is 0.667. The van der Waals surface area contributed by atoms with E-state index in [2.05, 4.69) is 29.1 Å². The number of carbonyl (C=O) groups excluding carboxylic acids is 1. The Bertz CT molecular complexity index is 880. The van der Waals surface area contributed by atoms with Crippen molar-refractivity contribution < 1.29 is 14.3 Å². The van der Waals surface area contributed by atoms with Gasteiger partial charge in [0.05, 0.1) is 35.9 Å². The van der Waals surface area contributed by atoms with Crippen molar-refractivity contribution >= 4 is 16.9 Å². The lowest BCUT2D eigenvalue weighted by molar-refractivity contribution is 0.0624. The van der Waals surface area contributed by atoms with E-state index in [4.69, 9.17) is 14.6 Å². The molecule has 1 saturated carbocycles. The molecule has 1 aliphatic carbocycles. The summed E-state index contributed by atoms with van der Waals surface area (Å²) in [6, 6.07) is 4.99. The van der Waals surface area contributed by atoms with E-state index in [1.807, 2.05) is 18.0 Å². The number of fused-ring (bicyclic) bond motifs is 1. The summed E-state index contributed by atoms with van der Waals surface area (Å²) in [5.41, 5.74) is 2.35. The van der Waals surface area contributed by atoms with Crippen LogP contribution in [0.5, 0.6) is 5.75 Å². The van der Waals surface area contributed by atoms with Gasteiger partial charge in [0, 0.05) is 26.2 Å². The van der Waals surface area contributed by atoms with Gasteiger partial charge < -0.3 is 19.7 Å². The Morgan fingerprint density at radius 3 is 2.52 bits per heavy atom. The number of amides is 2. The number of benzene rings is 1. The molecule has 0 spiro atoms. The van der Waals surface area contributed by atoms with Gasteiger partial charge in [0.2, 0.25) is 0 Å². The zero-order chi connectivity index (χ0) is 21.8. The number of aryl methyl sites for hydroxylation is 1. The summed E-state index contributed by atoms with van der Waals surface area (Å²) < 4.78 is 13.5. The molecule has 7 nitrogen and oxygen atoms in total. The predicted molar refractivity (Wildman–Crippen MR) is 122 cm³/mol. The molecule has 0 radical (unpaired) electrons. The molecule has 2 fully saturated rings. The zero-order valence-corrected chi connectivity index (χ0v) is 19.1. The summed E-state index contributed by atoms with van der Waals surface area (Å²) in [6.45, 7) is 6.34. The Morgan fingerprint density at radius 2 is 1.87 bits per heavy atom. The lowest BCUT2D eigenvalue weighted by Crippen LogP contribution is -2.49. The Morgan fingerprint density at radius 1 is 1.13 bits per heavy atom. The Balaban J connectivity index is 1.37. The molecule has 0 atom stereocenters. The maximum Gasteiger partial charge on any atom is 0.317 e. The Labute approximate surface area is 185 Å². The molecule has 1 aromatic heterocycles. The van der Waals surface area contributed by atoms with Crippen molar-refractivity contribution in [1.29, 1.82) is 0 Å². The number of piperidine rings is 1. The molecule has 1 N–H and O–H groups in total. The molecule has 7 heteroatoms. The van der Waals surface area contributed by atoms with Crippen LogP contribution in [0.3, 0.4) is 0 Å². The smallest absolute Gasteiger partial charge is 0.317 e. The number of likely N-dealkylation sites (tertiary alicyclic amines) is 1. The maximum atomic E-state index is 12.8. The number of aromatic nitrogens is 2. The molecule has 31 heavy (non-hydrogen) atoms. The number of rotatable bonds is 6. The third kappa shape index (κ3) is 4.66. The number of urea groups is 1. The maximum absolute atomic E-state index is 12.8. The van der Waals surface area contributed by atoms with Crippen LogP contribution in [-0.2, 0) is 11.2 Å². The summed E-state index contributed by atoms with van der Waals surface area (Å²) >= 11 is 0. The second kappa shape index (κ2) is 9.90. The molecule has 1 aromatic carbocycles. The Hall–Kier alpha value is -2.28. The van der Waals surface area contributed by atoms with Crippen molar-refractivity contribution in [3.05, 3.63) is 23.9 Å². The average Bonchev–Trinajstić information content (AvgIpc) is 3.24. The van der Waals surface area contributed by atoms with Crippen LogP contribution in [0, 0.1) is 0 Å². The van der Waals surface area contributed by atoms with Crippen molar-refractivity contribution in [1.82, 2.24) is 20.0 Å². The molecule has 4 rings (SSSR count). The van der Waals surface area contributed by atoms with E-state index in [9.17, 15) is 4.79 Å². The minimum atomic E-state index is 0.0795. The van der Waals surface area contributed by atoms with Crippen molar-refractivity contribution in [3.63, 3.8) is 0 Å². The van der Waals surface area contributed by atoms with Crippen molar-refractivity contribution in [2.45, 2.75) is 77.0 Å². The second-order valence-corrected chi connectivity index (χ2v) is 8.74. The molecule has 1 aliphatic heterocycles. The Kier molecular flexibility index (Phi) is 7.00. The quantitative estimate of drug-likeness (QED) is 0.745. The van der Waals surface area contributed by atoms with Crippen LogP contribution < -0.4 is 10.1 Å². The molecule has 2 amide bonds. The highest BCUT2D eigenvalue weighted by Crippen LogP contribution is 2.34. The first-order valence-electron chi connectivity index (χ1n) is 11.8. The summed E-state index contributed by atoms with van der Waals surface area (Å²) in [6.07, 6.45) is 9.12. The van der Waals surface area contributed by atoms with E-state index in [-0.39, 0.29) is 12.1 Å². The van der Waals surface area contributed by atoms with Gasteiger partial charge in [0.25, 0.3) is 0 Å². The van der Waals surface area contributed by atoms with Crippen LogP contribution in [0.1, 0.15) is 64.0 Å². The highest BCUT2D eigenvalue weighted by molar-refractivity contribution is 5.87. The number of carbonyl (C=O) groups is 1. The number of methoxy groups -OCH3 is 1. The van der Waals surface area contributed by atoms with Gasteiger partial charge in [0.15, 0.2) is 0 Å². The van der Waals surface area contributed by atoms with Gasteiger partial charge in [-0.3, -0.25) is 4.68 Å². The van der Waals surface area contributed by atoms with E-state index >= 15 is 0 Å². The van der Waals surface area contributed by atoms with Gasteiger partial charge in [-0.05, 0) is 63.5 Å². The van der Waals surface area contributed by atoms with Crippen LogP contribution in [0.4, 0.5) is 4.79 Å². The van der Waals surface area contributed by atoms with E-state index in [1.54, 1.807) is 7.11 Å². The summed E-state index contributed by atoms with van der Waals surface area (Å²) in [7, 11) is 1.77. The number of hydrogen-bond acceptors (Lipinski definition) is 4. The third-order valence-corrected chi connectivity index (χ3v) is 6.91. The molecular formula is C24H36N4O3. The van der Waals surface area contributed by atoms with Crippen molar-refractivity contribution in [3.8, 4) is 5.75 Å². The molecule has 0 bridgehead atoms.